The van der Waals surface area contributed by atoms with E-state index in [1.165, 1.54) is 7.11 Å². The highest BCUT2D eigenvalue weighted by Crippen LogP contribution is 2.23. The molecule has 0 amide bonds. The molecular weight excluding hydrogens is 206 g/mol. The number of rotatable bonds is 2. The molecule has 0 saturated heterocycles. The number of carbonyl (C=O) groups excluding carboxylic acids is 2. The van der Waals surface area contributed by atoms with Crippen molar-refractivity contribution in [3.8, 4) is 0 Å². The molecule has 0 fully saturated rings. The summed E-state index contributed by atoms with van der Waals surface area (Å²) in [5.74, 6) is -0.399. The lowest BCUT2D eigenvalue weighted by molar-refractivity contribution is 0.0602. The van der Waals surface area contributed by atoms with Gasteiger partial charge in [-0.25, -0.2) is 4.79 Å². The molecule has 0 atom stereocenters. The lowest BCUT2D eigenvalue weighted by Gasteiger charge is -2.03. The lowest BCUT2D eigenvalue weighted by atomic mass is 10.1. The van der Waals surface area contributed by atoms with Gasteiger partial charge in [0.15, 0.2) is 6.29 Å². The fraction of sp³-hybridized carbons (Fsp3) is 0.167. The Morgan fingerprint density at radius 1 is 1.44 bits per heavy atom. The van der Waals surface area contributed by atoms with E-state index in [2.05, 4.69) is 0 Å². The highest BCUT2D eigenvalue weighted by molar-refractivity contribution is 6.07. The third-order valence-electron chi connectivity index (χ3n) is 2.56. The lowest BCUT2D eigenvalue weighted by Crippen LogP contribution is -2.03. The first-order valence-electron chi connectivity index (χ1n) is 4.80. The van der Waals surface area contributed by atoms with Gasteiger partial charge in [0, 0.05) is 24.2 Å². The minimum Gasteiger partial charge on any atom is -0.465 e. The molecule has 2 aromatic rings. The van der Waals surface area contributed by atoms with Crippen molar-refractivity contribution >= 4 is 23.2 Å². The van der Waals surface area contributed by atoms with Crippen molar-refractivity contribution in [3.05, 3.63) is 35.5 Å². The molecule has 0 unspecified atom stereocenters. The van der Waals surface area contributed by atoms with Crippen molar-refractivity contribution in [1.82, 2.24) is 4.57 Å². The number of benzene rings is 1. The zero-order valence-electron chi connectivity index (χ0n) is 9.06. The topological polar surface area (TPSA) is 48.3 Å². The van der Waals surface area contributed by atoms with Crippen LogP contribution in [-0.4, -0.2) is 23.9 Å². The van der Waals surface area contributed by atoms with Crippen LogP contribution >= 0.6 is 0 Å². The molecule has 0 radical (unpaired) electrons. The highest BCUT2D eigenvalue weighted by atomic mass is 16.5. The fourth-order valence-electron chi connectivity index (χ4n) is 1.87. The number of hydrogen-bond acceptors (Lipinski definition) is 3. The predicted molar refractivity (Wildman–Crippen MR) is 59.6 cm³/mol. The number of aromatic nitrogens is 1. The Bertz CT molecular complexity index is 569. The molecular formula is C12H11NO3. The Morgan fingerprint density at radius 3 is 2.81 bits per heavy atom. The number of aldehydes is 1. The number of carbonyl (C=O) groups is 2. The second-order valence-electron chi connectivity index (χ2n) is 3.51. The van der Waals surface area contributed by atoms with Crippen LogP contribution in [0.2, 0.25) is 0 Å². The van der Waals surface area contributed by atoms with Crippen LogP contribution in [0.25, 0.3) is 10.9 Å². The summed E-state index contributed by atoms with van der Waals surface area (Å²) in [6, 6.07) is 5.23. The second kappa shape index (κ2) is 3.81. The van der Waals surface area contributed by atoms with Crippen LogP contribution in [0, 0.1) is 0 Å². The zero-order chi connectivity index (χ0) is 11.7. The van der Waals surface area contributed by atoms with Gasteiger partial charge in [-0.3, -0.25) is 4.79 Å². The highest BCUT2D eigenvalue weighted by Gasteiger charge is 2.15. The number of hydrogen-bond donors (Lipinski definition) is 0. The van der Waals surface area contributed by atoms with Gasteiger partial charge in [-0.05, 0) is 6.07 Å². The normalized spacial score (nSPS) is 10.4. The number of aryl methyl sites for hydroxylation is 1. The maximum atomic E-state index is 11.6. The first-order valence-corrected chi connectivity index (χ1v) is 4.80. The Kier molecular flexibility index (Phi) is 2.48. The quantitative estimate of drug-likeness (QED) is 0.569. The maximum absolute atomic E-state index is 11.6. The Labute approximate surface area is 92.4 Å². The largest absolute Gasteiger partial charge is 0.465 e. The van der Waals surface area contributed by atoms with E-state index in [9.17, 15) is 9.59 Å². The van der Waals surface area contributed by atoms with E-state index in [1.54, 1.807) is 29.9 Å². The molecule has 0 aliphatic heterocycles. The van der Waals surface area contributed by atoms with Crippen LogP contribution in [0.5, 0.6) is 0 Å². The average molecular weight is 217 g/mol. The van der Waals surface area contributed by atoms with Gasteiger partial charge in [-0.2, -0.15) is 0 Å². The van der Waals surface area contributed by atoms with E-state index < -0.39 is 5.97 Å². The third kappa shape index (κ3) is 1.39. The van der Waals surface area contributed by atoms with Gasteiger partial charge in [-0.1, -0.05) is 12.1 Å². The summed E-state index contributed by atoms with van der Waals surface area (Å²) < 4.78 is 6.46. The number of esters is 1. The number of nitrogens with zero attached hydrogens (tertiary/aromatic N) is 1. The first kappa shape index (κ1) is 10.4. The fourth-order valence-corrected chi connectivity index (χ4v) is 1.87. The molecule has 0 bridgehead atoms. The van der Waals surface area contributed by atoms with Crippen molar-refractivity contribution in [2.24, 2.45) is 7.05 Å². The predicted octanol–water partition coefficient (Wildman–Crippen LogP) is 1.78. The molecule has 1 aromatic carbocycles. The summed E-state index contributed by atoms with van der Waals surface area (Å²) in [7, 11) is 3.13. The van der Waals surface area contributed by atoms with Gasteiger partial charge in [0.1, 0.15) is 0 Å². The van der Waals surface area contributed by atoms with Gasteiger partial charge in [-0.15, -0.1) is 0 Å². The minimum atomic E-state index is -0.399. The van der Waals surface area contributed by atoms with Crippen LogP contribution in [0.3, 0.4) is 0 Å². The van der Waals surface area contributed by atoms with E-state index in [-0.39, 0.29) is 0 Å². The molecule has 0 aliphatic rings. The Balaban J connectivity index is 2.82. The van der Waals surface area contributed by atoms with E-state index in [1.807, 2.05) is 6.07 Å². The first-order chi connectivity index (χ1) is 7.69. The molecule has 82 valence electrons. The molecule has 4 heteroatoms. The monoisotopic (exact) mass is 217 g/mol. The zero-order valence-corrected chi connectivity index (χ0v) is 9.06. The molecule has 16 heavy (non-hydrogen) atoms. The standard InChI is InChI=1S/C12H11NO3/c1-13-6-8(7-14)9-4-3-5-10(11(9)13)12(15)16-2/h3-7H,1-2H3. The number of para-hydroxylation sites is 1. The van der Waals surface area contributed by atoms with E-state index >= 15 is 0 Å². The molecule has 0 N–H and O–H groups in total. The summed E-state index contributed by atoms with van der Waals surface area (Å²) in [4.78, 5) is 22.4. The van der Waals surface area contributed by atoms with Crippen LogP contribution in [0.1, 0.15) is 20.7 Å². The maximum Gasteiger partial charge on any atom is 0.340 e. The number of ether oxygens (including phenoxy) is 1. The average Bonchev–Trinajstić information content (AvgIpc) is 2.65. The van der Waals surface area contributed by atoms with E-state index in [4.69, 9.17) is 4.74 Å². The van der Waals surface area contributed by atoms with Gasteiger partial charge in [0.25, 0.3) is 0 Å². The van der Waals surface area contributed by atoms with Gasteiger partial charge in [0.2, 0.25) is 0 Å². The summed E-state index contributed by atoms with van der Waals surface area (Å²) in [6.45, 7) is 0. The van der Waals surface area contributed by atoms with Gasteiger partial charge >= 0.3 is 5.97 Å². The van der Waals surface area contributed by atoms with Crippen molar-refractivity contribution in [3.63, 3.8) is 0 Å². The molecule has 0 aliphatic carbocycles. The van der Waals surface area contributed by atoms with Crippen molar-refractivity contribution in [2.45, 2.75) is 0 Å². The smallest absolute Gasteiger partial charge is 0.340 e. The Morgan fingerprint density at radius 2 is 2.19 bits per heavy atom. The molecule has 4 nitrogen and oxygen atoms in total. The summed E-state index contributed by atoms with van der Waals surface area (Å²) in [5.41, 5.74) is 1.76. The Hall–Kier alpha value is -2.10. The number of fused-ring (bicyclic) bond motifs is 1. The summed E-state index contributed by atoms with van der Waals surface area (Å²) in [6.07, 6.45) is 2.48. The van der Waals surface area contributed by atoms with Crippen molar-refractivity contribution < 1.29 is 14.3 Å². The van der Waals surface area contributed by atoms with Gasteiger partial charge < -0.3 is 9.30 Å². The van der Waals surface area contributed by atoms with E-state index in [0.29, 0.717) is 11.1 Å². The van der Waals surface area contributed by atoms with Crippen LogP contribution in [0.4, 0.5) is 0 Å². The minimum absolute atomic E-state index is 0.399. The van der Waals surface area contributed by atoms with Crippen molar-refractivity contribution in [1.29, 1.82) is 0 Å². The third-order valence-corrected chi connectivity index (χ3v) is 2.56. The van der Waals surface area contributed by atoms with Crippen LogP contribution in [0.15, 0.2) is 24.4 Å². The van der Waals surface area contributed by atoms with Gasteiger partial charge in [0.05, 0.1) is 18.2 Å². The van der Waals surface area contributed by atoms with E-state index in [0.717, 1.165) is 17.2 Å². The SMILES string of the molecule is COC(=O)c1cccc2c(C=O)cn(C)c12. The molecule has 0 saturated carbocycles. The summed E-state index contributed by atoms with van der Waals surface area (Å²) in [5, 5.41) is 0.764. The number of methoxy groups -OCH3 is 1. The molecule has 1 heterocycles. The van der Waals surface area contributed by atoms with Crippen LogP contribution < -0.4 is 0 Å². The van der Waals surface area contributed by atoms with Crippen molar-refractivity contribution in [2.75, 3.05) is 7.11 Å². The molecule has 1 aromatic heterocycles. The molecule has 0 spiro atoms. The van der Waals surface area contributed by atoms with Crippen LogP contribution in [-0.2, 0) is 11.8 Å². The summed E-state index contributed by atoms with van der Waals surface area (Å²) >= 11 is 0. The molecule has 2 rings (SSSR count). The second-order valence-corrected chi connectivity index (χ2v) is 3.51.